The summed E-state index contributed by atoms with van der Waals surface area (Å²) in [4.78, 5) is 32.3. The number of halogens is 3. The summed E-state index contributed by atoms with van der Waals surface area (Å²) < 4.78 is 45.7. The number of carbonyl (C=O) groups excluding carboxylic acids is 2. The van der Waals surface area contributed by atoms with Gasteiger partial charge >= 0.3 is 6.36 Å². The van der Waals surface area contributed by atoms with Crippen LogP contribution in [0.15, 0.2) is 24.4 Å². The van der Waals surface area contributed by atoms with Gasteiger partial charge in [0.05, 0.1) is 23.9 Å². The van der Waals surface area contributed by atoms with Gasteiger partial charge in [0.25, 0.3) is 11.8 Å². The van der Waals surface area contributed by atoms with Crippen LogP contribution in [0.4, 0.5) is 19.0 Å². The first-order chi connectivity index (χ1) is 18.4. The van der Waals surface area contributed by atoms with E-state index in [1.54, 1.807) is 11.0 Å². The Kier molecular flexibility index (Phi) is 6.65. The van der Waals surface area contributed by atoms with Crippen molar-refractivity contribution in [2.45, 2.75) is 58.6 Å². The third kappa shape index (κ3) is 5.10. The number of ether oxygens (including phenoxy) is 1. The van der Waals surface area contributed by atoms with Crippen LogP contribution in [-0.2, 0) is 6.54 Å². The largest absolute Gasteiger partial charge is 0.573 e. The topological polar surface area (TPSA) is 135 Å². The van der Waals surface area contributed by atoms with Crippen LogP contribution >= 0.6 is 0 Å². The van der Waals surface area contributed by atoms with E-state index in [9.17, 15) is 27.9 Å². The molecule has 2 aliphatic rings. The third-order valence-corrected chi connectivity index (χ3v) is 7.37. The summed E-state index contributed by atoms with van der Waals surface area (Å²) in [7, 11) is 0. The predicted molar refractivity (Wildman–Crippen MR) is 135 cm³/mol. The number of aliphatic hydroxyl groups is 1. The van der Waals surface area contributed by atoms with E-state index in [0.29, 0.717) is 11.5 Å². The lowest BCUT2D eigenvalue weighted by Crippen LogP contribution is -2.41. The number of nitrogens with two attached hydrogens (primary N) is 1. The second-order valence-corrected chi connectivity index (χ2v) is 10.4. The fourth-order valence-electron chi connectivity index (χ4n) is 4.94. The molecule has 1 fully saturated rings. The van der Waals surface area contributed by atoms with Gasteiger partial charge in [0.15, 0.2) is 11.5 Å². The molecular weight excluding hydrogens is 517 g/mol. The zero-order valence-electron chi connectivity index (χ0n) is 21.6. The van der Waals surface area contributed by atoms with Crippen molar-refractivity contribution in [1.29, 1.82) is 0 Å². The van der Waals surface area contributed by atoms with Gasteiger partial charge in [-0.25, -0.2) is 9.50 Å². The second-order valence-electron chi connectivity index (χ2n) is 10.4. The van der Waals surface area contributed by atoms with E-state index >= 15 is 0 Å². The molecule has 0 radical (unpaired) electrons. The zero-order chi connectivity index (χ0) is 28.2. The Hall–Kier alpha value is -3.87. The molecule has 1 saturated carbocycles. The molecule has 10 nitrogen and oxygen atoms in total. The molecule has 3 aromatic rings. The molecule has 1 aliphatic carbocycles. The Labute approximate surface area is 221 Å². The number of rotatable bonds is 8. The minimum absolute atomic E-state index is 0.0245. The lowest BCUT2D eigenvalue weighted by molar-refractivity contribution is -0.274. The standard InChI is InChI=1S/C26H29F3N6O4/c1-12(2)18(11-36)32-24(37)21-22(30)33-35-7-6-17(31-23(21)35)15-8-16-10-34(13(3)14-4-5-14)25(38)20(16)19(9-15)39-26(27,28)29/h6-9,12-14,18,36H,4-5,10-11H2,1-3H3,(H2,30,33)(H,32,37)/t13-,18-/m0/s1. The molecule has 2 amide bonds. The number of nitrogen functional groups attached to an aromatic ring is 1. The molecule has 2 aromatic heterocycles. The molecule has 3 heterocycles. The van der Waals surface area contributed by atoms with Gasteiger partial charge in [-0.2, -0.15) is 0 Å². The van der Waals surface area contributed by atoms with Crippen LogP contribution in [0.5, 0.6) is 5.75 Å². The highest BCUT2D eigenvalue weighted by Crippen LogP contribution is 2.42. The van der Waals surface area contributed by atoms with Gasteiger partial charge in [0.1, 0.15) is 11.3 Å². The van der Waals surface area contributed by atoms with Gasteiger partial charge in [0, 0.05) is 24.3 Å². The summed E-state index contributed by atoms with van der Waals surface area (Å²) in [6.45, 7) is 5.44. The highest BCUT2D eigenvalue weighted by Gasteiger charge is 2.42. The van der Waals surface area contributed by atoms with E-state index in [2.05, 4.69) is 20.1 Å². The number of hydrogen-bond donors (Lipinski definition) is 3. The minimum Gasteiger partial charge on any atom is -0.405 e. The molecule has 208 valence electrons. The Morgan fingerprint density at radius 1 is 1.28 bits per heavy atom. The Bertz CT molecular complexity index is 1450. The maximum atomic E-state index is 13.4. The molecule has 1 aromatic carbocycles. The third-order valence-electron chi connectivity index (χ3n) is 7.37. The SMILES string of the molecule is CC(C)[C@H](CO)NC(=O)c1c(N)nn2ccc(-c3cc4c(c(OC(F)(F)F)c3)C(=O)N([C@@H](C)C3CC3)C4)nc12. The number of hydrogen-bond acceptors (Lipinski definition) is 7. The van der Waals surface area contributed by atoms with E-state index in [1.807, 2.05) is 20.8 Å². The van der Waals surface area contributed by atoms with Crippen LogP contribution in [0.2, 0.25) is 0 Å². The molecule has 0 unspecified atom stereocenters. The summed E-state index contributed by atoms with van der Waals surface area (Å²) in [5, 5.41) is 16.4. The molecule has 0 saturated heterocycles. The van der Waals surface area contributed by atoms with Gasteiger partial charge in [-0.1, -0.05) is 13.8 Å². The van der Waals surface area contributed by atoms with E-state index in [4.69, 9.17) is 5.73 Å². The molecule has 39 heavy (non-hydrogen) atoms. The average Bonchev–Trinajstić information content (AvgIpc) is 3.57. The van der Waals surface area contributed by atoms with Crippen LogP contribution in [0.1, 0.15) is 59.9 Å². The van der Waals surface area contributed by atoms with Gasteiger partial charge in [-0.3, -0.25) is 9.59 Å². The lowest BCUT2D eigenvalue weighted by Gasteiger charge is -2.24. The number of aliphatic hydroxyl groups excluding tert-OH is 1. The van der Waals surface area contributed by atoms with Crippen molar-refractivity contribution in [3.8, 4) is 17.0 Å². The first-order valence-corrected chi connectivity index (χ1v) is 12.7. The van der Waals surface area contributed by atoms with Crippen molar-refractivity contribution in [2.75, 3.05) is 12.3 Å². The maximum Gasteiger partial charge on any atom is 0.573 e. The van der Waals surface area contributed by atoms with Crippen molar-refractivity contribution in [2.24, 2.45) is 11.8 Å². The molecule has 0 bridgehead atoms. The quantitative estimate of drug-likeness (QED) is 0.394. The van der Waals surface area contributed by atoms with Crippen LogP contribution in [0, 0.1) is 11.8 Å². The van der Waals surface area contributed by atoms with Gasteiger partial charge in [-0.05, 0) is 55.4 Å². The fraction of sp³-hybridized carbons (Fsp3) is 0.462. The summed E-state index contributed by atoms with van der Waals surface area (Å²) in [6, 6.07) is 3.63. The van der Waals surface area contributed by atoms with Crippen molar-refractivity contribution in [1.82, 2.24) is 24.8 Å². The number of amides is 2. The number of carbonyl (C=O) groups is 2. The highest BCUT2D eigenvalue weighted by molar-refractivity contribution is 6.05. The van der Waals surface area contributed by atoms with Crippen molar-refractivity contribution >= 4 is 23.3 Å². The molecule has 5 rings (SSSR count). The summed E-state index contributed by atoms with van der Waals surface area (Å²) >= 11 is 0. The molecule has 13 heteroatoms. The first-order valence-electron chi connectivity index (χ1n) is 12.7. The zero-order valence-corrected chi connectivity index (χ0v) is 21.6. The average molecular weight is 547 g/mol. The van der Waals surface area contributed by atoms with Crippen molar-refractivity contribution in [3.05, 3.63) is 41.1 Å². The Morgan fingerprint density at radius 2 is 2.00 bits per heavy atom. The van der Waals surface area contributed by atoms with E-state index in [0.717, 1.165) is 18.9 Å². The van der Waals surface area contributed by atoms with Crippen LogP contribution < -0.4 is 15.8 Å². The number of alkyl halides is 3. The summed E-state index contributed by atoms with van der Waals surface area (Å²) in [5.41, 5.74) is 6.86. The maximum absolute atomic E-state index is 13.4. The summed E-state index contributed by atoms with van der Waals surface area (Å²) in [6.07, 6.45) is -1.57. The lowest BCUT2D eigenvalue weighted by atomic mass is 10.0. The second kappa shape index (κ2) is 9.70. The normalized spacial score (nSPS) is 17.0. The van der Waals surface area contributed by atoms with E-state index in [-0.39, 0.29) is 59.0 Å². The molecule has 2 atom stereocenters. The summed E-state index contributed by atoms with van der Waals surface area (Å²) in [5.74, 6) is -1.51. The van der Waals surface area contributed by atoms with Crippen molar-refractivity contribution < 1.29 is 32.6 Å². The van der Waals surface area contributed by atoms with E-state index in [1.165, 1.54) is 16.8 Å². The number of nitrogens with zero attached hydrogens (tertiary/aromatic N) is 4. The van der Waals surface area contributed by atoms with Gasteiger partial charge in [0.2, 0.25) is 0 Å². The number of fused-ring (bicyclic) bond motifs is 2. The highest BCUT2D eigenvalue weighted by atomic mass is 19.4. The predicted octanol–water partition coefficient (Wildman–Crippen LogP) is 3.38. The molecular formula is C26H29F3N6O4. The number of nitrogens with one attached hydrogen (secondary N) is 1. The van der Waals surface area contributed by atoms with Crippen LogP contribution in [-0.4, -0.2) is 61.5 Å². The van der Waals surface area contributed by atoms with Gasteiger partial charge in [-0.15, -0.1) is 18.3 Å². The minimum atomic E-state index is -5.01. The first kappa shape index (κ1) is 26.7. The number of benzene rings is 1. The molecule has 0 spiro atoms. The van der Waals surface area contributed by atoms with Gasteiger partial charge < -0.3 is 25.8 Å². The molecule has 1 aliphatic heterocycles. The molecule has 4 N–H and O–H groups in total. The van der Waals surface area contributed by atoms with Crippen LogP contribution in [0.25, 0.3) is 16.9 Å². The monoisotopic (exact) mass is 546 g/mol. The fourth-order valence-corrected chi connectivity index (χ4v) is 4.94. The Balaban J connectivity index is 1.57. The Morgan fingerprint density at radius 3 is 2.62 bits per heavy atom. The number of aromatic nitrogens is 3. The van der Waals surface area contributed by atoms with Crippen molar-refractivity contribution in [3.63, 3.8) is 0 Å². The van der Waals surface area contributed by atoms with Crippen LogP contribution in [0.3, 0.4) is 0 Å². The van der Waals surface area contributed by atoms with E-state index < -0.39 is 30.0 Å². The smallest absolute Gasteiger partial charge is 0.405 e. The number of anilines is 1.